The maximum absolute atomic E-state index is 13.7. The van der Waals surface area contributed by atoms with Crippen molar-refractivity contribution >= 4 is 29.2 Å². The molecule has 7 heteroatoms. The SMILES string of the molecule is COc1cccc(-c2ccc(C[C@H](NC(=O)c3cccc(NC(c4ccccc4)(c4ccccc4)c4ccccc4)c3Cl)C(=O)O)cc2)c1. The molecule has 1 atom stereocenters. The Kier molecular flexibility index (Phi) is 10.1. The zero-order valence-electron chi connectivity index (χ0n) is 26.8. The molecule has 0 spiro atoms. The molecule has 0 aliphatic carbocycles. The van der Waals surface area contributed by atoms with Crippen LogP contribution in [0.3, 0.4) is 0 Å². The van der Waals surface area contributed by atoms with Crippen LogP contribution in [0.2, 0.25) is 5.02 Å². The van der Waals surface area contributed by atoms with Gasteiger partial charge in [-0.1, -0.05) is 145 Å². The second-order valence-electron chi connectivity index (χ2n) is 11.6. The summed E-state index contributed by atoms with van der Waals surface area (Å²) in [5, 5.41) is 16.7. The number of amides is 1. The average molecular weight is 667 g/mol. The second kappa shape index (κ2) is 14.9. The minimum atomic E-state index is -1.18. The van der Waals surface area contributed by atoms with Gasteiger partial charge in [-0.2, -0.15) is 0 Å². The normalized spacial score (nSPS) is 11.7. The predicted octanol–water partition coefficient (Wildman–Crippen LogP) is 8.85. The summed E-state index contributed by atoms with van der Waals surface area (Å²) in [5.41, 5.74) is 5.44. The van der Waals surface area contributed by atoms with Crippen molar-refractivity contribution in [2.45, 2.75) is 18.0 Å². The lowest BCUT2D eigenvalue weighted by molar-refractivity contribution is -0.139. The van der Waals surface area contributed by atoms with Gasteiger partial charge in [-0.25, -0.2) is 4.79 Å². The van der Waals surface area contributed by atoms with Gasteiger partial charge in [0.15, 0.2) is 0 Å². The first-order valence-electron chi connectivity index (χ1n) is 15.9. The van der Waals surface area contributed by atoms with Gasteiger partial charge in [0.2, 0.25) is 0 Å². The van der Waals surface area contributed by atoms with E-state index in [9.17, 15) is 14.7 Å². The van der Waals surface area contributed by atoms with Crippen molar-refractivity contribution in [2.24, 2.45) is 0 Å². The van der Waals surface area contributed by atoms with Crippen LogP contribution in [-0.2, 0) is 16.8 Å². The lowest BCUT2D eigenvalue weighted by Gasteiger charge is -2.38. The fraction of sp³-hybridized carbons (Fsp3) is 0.0952. The average Bonchev–Trinajstić information content (AvgIpc) is 3.15. The number of carbonyl (C=O) groups is 2. The Balaban J connectivity index is 1.29. The standard InChI is InChI=1S/C42H35ClN2O4/c1-49-35-20-11-13-31(28-35)30-25-23-29(24-26-30)27-38(41(47)48)44-40(46)36-21-12-22-37(39(36)43)45-42(32-14-5-2-6-15-32,33-16-7-3-8-17-33)34-18-9-4-10-19-34/h2-26,28,38,45H,27H2,1H3,(H,44,46)(H,47,48)/t38-/m0/s1. The van der Waals surface area contributed by atoms with Crippen LogP contribution in [0, 0.1) is 0 Å². The van der Waals surface area contributed by atoms with Crippen LogP contribution in [0.15, 0.2) is 158 Å². The van der Waals surface area contributed by atoms with Gasteiger partial charge in [0.25, 0.3) is 5.91 Å². The highest BCUT2D eigenvalue weighted by Crippen LogP contribution is 2.42. The summed E-state index contributed by atoms with van der Waals surface area (Å²) in [4.78, 5) is 26.1. The van der Waals surface area contributed by atoms with Gasteiger partial charge in [0.05, 0.1) is 23.4 Å². The molecule has 3 N–H and O–H groups in total. The van der Waals surface area contributed by atoms with Crippen molar-refractivity contribution in [3.05, 3.63) is 191 Å². The first-order chi connectivity index (χ1) is 23.9. The zero-order chi connectivity index (χ0) is 34.2. The van der Waals surface area contributed by atoms with Crippen molar-refractivity contribution in [1.82, 2.24) is 5.32 Å². The minimum absolute atomic E-state index is 0.0914. The Bertz CT molecular complexity index is 1940. The van der Waals surface area contributed by atoms with Crippen molar-refractivity contribution < 1.29 is 19.4 Å². The van der Waals surface area contributed by atoms with E-state index in [0.717, 1.165) is 39.1 Å². The second-order valence-corrected chi connectivity index (χ2v) is 12.0. The van der Waals surface area contributed by atoms with Gasteiger partial charge in [-0.05, 0) is 57.6 Å². The number of ether oxygens (including phenoxy) is 1. The first kappa shape index (κ1) is 33.1. The molecular weight excluding hydrogens is 632 g/mol. The van der Waals surface area contributed by atoms with E-state index in [1.165, 1.54) is 0 Å². The topological polar surface area (TPSA) is 87.7 Å². The van der Waals surface area contributed by atoms with Crippen LogP contribution in [0.4, 0.5) is 5.69 Å². The van der Waals surface area contributed by atoms with E-state index in [1.807, 2.05) is 109 Å². The lowest BCUT2D eigenvalue weighted by Crippen LogP contribution is -2.42. The summed E-state index contributed by atoms with van der Waals surface area (Å²) in [7, 11) is 1.62. The van der Waals surface area contributed by atoms with Crippen molar-refractivity contribution in [3.8, 4) is 16.9 Å². The van der Waals surface area contributed by atoms with Crippen LogP contribution in [-0.4, -0.2) is 30.1 Å². The van der Waals surface area contributed by atoms with E-state index < -0.39 is 23.5 Å². The highest BCUT2D eigenvalue weighted by atomic mass is 35.5. The molecule has 0 unspecified atom stereocenters. The number of halogens is 1. The van der Waals surface area contributed by atoms with E-state index in [-0.39, 0.29) is 17.0 Å². The molecule has 1 amide bonds. The molecule has 0 aromatic heterocycles. The Morgan fingerprint density at radius 2 is 1.24 bits per heavy atom. The third-order valence-corrected chi connectivity index (χ3v) is 8.99. The molecule has 0 saturated carbocycles. The quantitative estimate of drug-likeness (QED) is 0.114. The van der Waals surface area contributed by atoms with Gasteiger partial charge >= 0.3 is 5.97 Å². The Labute approximate surface area is 291 Å². The number of rotatable bonds is 12. The largest absolute Gasteiger partial charge is 0.497 e. The number of nitrogens with one attached hydrogen (secondary N) is 2. The zero-order valence-corrected chi connectivity index (χ0v) is 27.6. The van der Waals surface area contributed by atoms with Crippen LogP contribution in [0.5, 0.6) is 5.75 Å². The number of carboxylic acid groups (broad SMARTS) is 1. The van der Waals surface area contributed by atoms with Gasteiger partial charge in [0, 0.05) is 6.42 Å². The molecule has 0 aliphatic heterocycles. The van der Waals surface area contributed by atoms with Crippen LogP contribution < -0.4 is 15.4 Å². The summed E-state index contributed by atoms with van der Waals surface area (Å²) in [6.45, 7) is 0. The van der Waals surface area contributed by atoms with Gasteiger partial charge < -0.3 is 20.5 Å². The fourth-order valence-electron chi connectivity index (χ4n) is 6.09. The monoisotopic (exact) mass is 666 g/mol. The molecule has 0 saturated heterocycles. The Hall–Kier alpha value is -5.85. The van der Waals surface area contributed by atoms with Crippen LogP contribution in [0.1, 0.15) is 32.6 Å². The summed E-state index contributed by atoms with van der Waals surface area (Å²) in [5.74, 6) is -0.982. The number of hydrogen-bond donors (Lipinski definition) is 3. The number of carboxylic acids is 1. The molecule has 0 bridgehead atoms. The van der Waals surface area contributed by atoms with Crippen molar-refractivity contribution in [1.29, 1.82) is 0 Å². The Morgan fingerprint density at radius 3 is 1.78 bits per heavy atom. The highest BCUT2D eigenvalue weighted by molar-refractivity contribution is 6.36. The van der Waals surface area contributed by atoms with E-state index in [2.05, 4.69) is 47.0 Å². The summed E-state index contributed by atoms with van der Waals surface area (Å²) in [6.07, 6.45) is 0.0914. The summed E-state index contributed by atoms with van der Waals surface area (Å²) < 4.78 is 5.33. The van der Waals surface area contributed by atoms with E-state index in [4.69, 9.17) is 16.3 Å². The molecule has 6 aromatic carbocycles. The predicted molar refractivity (Wildman–Crippen MR) is 195 cm³/mol. The van der Waals surface area contributed by atoms with Gasteiger partial charge in [0.1, 0.15) is 17.3 Å². The third-order valence-electron chi connectivity index (χ3n) is 8.59. The van der Waals surface area contributed by atoms with Crippen LogP contribution >= 0.6 is 11.6 Å². The van der Waals surface area contributed by atoms with Gasteiger partial charge in [-0.15, -0.1) is 0 Å². The van der Waals surface area contributed by atoms with Crippen molar-refractivity contribution in [3.63, 3.8) is 0 Å². The molecule has 6 nitrogen and oxygen atoms in total. The molecule has 0 heterocycles. The molecule has 244 valence electrons. The molecule has 0 radical (unpaired) electrons. The maximum Gasteiger partial charge on any atom is 0.326 e. The summed E-state index contributed by atoms with van der Waals surface area (Å²) >= 11 is 7.01. The van der Waals surface area contributed by atoms with E-state index in [0.29, 0.717) is 5.69 Å². The van der Waals surface area contributed by atoms with E-state index >= 15 is 0 Å². The molecule has 6 rings (SSSR count). The lowest BCUT2D eigenvalue weighted by atomic mass is 9.76. The summed E-state index contributed by atoms with van der Waals surface area (Å²) in [6, 6.07) is 49.4. The number of aliphatic carboxylic acids is 1. The van der Waals surface area contributed by atoms with E-state index in [1.54, 1.807) is 19.2 Å². The number of methoxy groups -OCH3 is 1. The smallest absolute Gasteiger partial charge is 0.326 e. The minimum Gasteiger partial charge on any atom is -0.497 e. The van der Waals surface area contributed by atoms with Gasteiger partial charge in [-0.3, -0.25) is 4.79 Å². The van der Waals surface area contributed by atoms with Crippen LogP contribution in [0.25, 0.3) is 11.1 Å². The molecule has 0 fully saturated rings. The Morgan fingerprint density at radius 1 is 0.694 bits per heavy atom. The molecule has 49 heavy (non-hydrogen) atoms. The first-order valence-corrected chi connectivity index (χ1v) is 16.3. The molecular formula is C42H35ClN2O4. The van der Waals surface area contributed by atoms with Crippen molar-refractivity contribution in [2.75, 3.05) is 12.4 Å². The third kappa shape index (κ3) is 7.20. The molecule has 0 aliphatic rings. The number of anilines is 1. The fourth-order valence-corrected chi connectivity index (χ4v) is 6.35. The number of hydrogen-bond acceptors (Lipinski definition) is 4. The maximum atomic E-state index is 13.7. The number of carbonyl (C=O) groups excluding carboxylic acids is 1. The molecule has 6 aromatic rings. The number of benzene rings is 6. The highest BCUT2D eigenvalue weighted by Gasteiger charge is 2.37.